The molecule has 0 spiro atoms. The lowest BCUT2D eigenvalue weighted by Crippen LogP contribution is -1.88. The van der Waals surface area contributed by atoms with E-state index in [9.17, 15) is 0 Å². The summed E-state index contributed by atoms with van der Waals surface area (Å²) in [6.45, 7) is 8.88. The van der Waals surface area contributed by atoms with Gasteiger partial charge in [-0.1, -0.05) is 58.0 Å². The van der Waals surface area contributed by atoms with Gasteiger partial charge < -0.3 is 0 Å². The van der Waals surface area contributed by atoms with Crippen molar-refractivity contribution in [1.29, 1.82) is 0 Å². The summed E-state index contributed by atoms with van der Waals surface area (Å²) in [6, 6.07) is 9.00. The zero-order valence-electron chi connectivity index (χ0n) is 10.4. The molecule has 0 aliphatic heterocycles. The highest BCUT2D eigenvalue weighted by molar-refractivity contribution is 5.65. The Hall–Kier alpha value is -1.04. The van der Waals surface area contributed by atoms with Crippen molar-refractivity contribution in [2.45, 2.75) is 46.5 Å². The van der Waals surface area contributed by atoms with Gasteiger partial charge in [-0.25, -0.2) is 0 Å². The molecular weight excluding hydrogens is 180 g/mol. The van der Waals surface area contributed by atoms with Gasteiger partial charge in [0.05, 0.1) is 0 Å². The maximum Gasteiger partial charge on any atom is -0.0219 e. The molecule has 0 atom stereocenters. The maximum absolute atomic E-state index is 2.32. The van der Waals surface area contributed by atoms with E-state index in [1.165, 1.54) is 16.7 Å². The summed E-state index contributed by atoms with van der Waals surface area (Å²) < 4.78 is 0. The molecule has 1 aromatic carbocycles. The first kappa shape index (κ1) is 12.0. The molecule has 0 radical (unpaired) electrons. The molecule has 0 saturated heterocycles. The molecule has 0 heteroatoms. The van der Waals surface area contributed by atoms with Crippen molar-refractivity contribution in [3.8, 4) is 0 Å². The summed E-state index contributed by atoms with van der Waals surface area (Å²) >= 11 is 0. The highest BCUT2D eigenvalue weighted by Gasteiger charge is 2.01. The minimum atomic E-state index is 0.624. The van der Waals surface area contributed by atoms with E-state index in [1.54, 1.807) is 0 Å². The second-order valence-electron chi connectivity index (χ2n) is 4.27. The highest BCUT2D eigenvalue weighted by Crippen LogP contribution is 2.21. The normalized spacial score (nSPS) is 12.2. The second kappa shape index (κ2) is 5.75. The molecule has 1 aromatic rings. The van der Waals surface area contributed by atoms with Crippen LogP contribution in [0.5, 0.6) is 0 Å². The molecule has 0 amide bonds. The fourth-order valence-electron chi connectivity index (χ4n) is 1.79. The van der Waals surface area contributed by atoms with Crippen LogP contribution in [0.15, 0.2) is 30.3 Å². The van der Waals surface area contributed by atoms with E-state index < -0.39 is 0 Å². The van der Waals surface area contributed by atoms with Crippen LogP contribution in [0.25, 0.3) is 5.57 Å². The van der Waals surface area contributed by atoms with Crippen molar-refractivity contribution >= 4 is 5.57 Å². The molecule has 15 heavy (non-hydrogen) atoms. The van der Waals surface area contributed by atoms with E-state index in [-0.39, 0.29) is 0 Å². The fourth-order valence-corrected chi connectivity index (χ4v) is 1.79. The first-order chi connectivity index (χ1) is 7.19. The van der Waals surface area contributed by atoms with Crippen LogP contribution in [0.2, 0.25) is 0 Å². The topological polar surface area (TPSA) is 0 Å². The summed E-state index contributed by atoms with van der Waals surface area (Å²) in [6.07, 6.45) is 4.56. The quantitative estimate of drug-likeness (QED) is 0.643. The molecule has 82 valence electrons. The third-order valence-electron chi connectivity index (χ3n) is 2.78. The maximum atomic E-state index is 2.32. The van der Waals surface area contributed by atoms with Gasteiger partial charge in [-0.05, 0) is 35.5 Å². The van der Waals surface area contributed by atoms with Crippen LogP contribution in [0, 0.1) is 0 Å². The Morgan fingerprint density at radius 3 is 2.13 bits per heavy atom. The van der Waals surface area contributed by atoms with Gasteiger partial charge in [0.1, 0.15) is 0 Å². The Morgan fingerprint density at radius 2 is 1.73 bits per heavy atom. The smallest absolute Gasteiger partial charge is 0.0219 e. The summed E-state index contributed by atoms with van der Waals surface area (Å²) in [4.78, 5) is 0. The molecular formula is C15H22. The Morgan fingerprint density at radius 1 is 1.13 bits per heavy atom. The van der Waals surface area contributed by atoms with Gasteiger partial charge in [0.15, 0.2) is 0 Å². The van der Waals surface area contributed by atoms with Crippen LogP contribution in [-0.2, 0) is 0 Å². The van der Waals surface area contributed by atoms with Crippen molar-refractivity contribution in [1.82, 2.24) is 0 Å². The van der Waals surface area contributed by atoms with E-state index in [0.29, 0.717) is 5.92 Å². The van der Waals surface area contributed by atoms with Crippen LogP contribution >= 0.6 is 0 Å². The summed E-state index contributed by atoms with van der Waals surface area (Å²) in [5.41, 5.74) is 4.27. The van der Waals surface area contributed by atoms with Crippen LogP contribution in [0.4, 0.5) is 0 Å². The first-order valence-electron chi connectivity index (χ1n) is 5.98. The number of benzene rings is 1. The van der Waals surface area contributed by atoms with Gasteiger partial charge in [0.2, 0.25) is 0 Å². The van der Waals surface area contributed by atoms with E-state index in [0.717, 1.165) is 12.8 Å². The third kappa shape index (κ3) is 3.23. The Balaban J connectivity index is 2.92. The van der Waals surface area contributed by atoms with Crippen LogP contribution in [-0.4, -0.2) is 0 Å². The highest BCUT2D eigenvalue weighted by atomic mass is 14.1. The van der Waals surface area contributed by atoms with E-state index in [4.69, 9.17) is 0 Å². The minimum Gasteiger partial charge on any atom is -0.0810 e. The SMILES string of the molecule is CCC=C(CC)c1ccc(C(C)C)cc1. The van der Waals surface area contributed by atoms with Crippen molar-refractivity contribution in [2.24, 2.45) is 0 Å². The van der Waals surface area contributed by atoms with Gasteiger partial charge in [-0.2, -0.15) is 0 Å². The predicted molar refractivity (Wildman–Crippen MR) is 69.1 cm³/mol. The molecule has 0 bridgehead atoms. The van der Waals surface area contributed by atoms with Crippen LogP contribution in [0.3, 0.4) is 0 Å². The summed E-state index contributed by atoms with van der Waals surface area (Å²) in [5, 5.41) is 0. The molecule has 0 N–H and O–H groups in total. The van der Waals surface area contributed by atoms with Gasteiger partial charge in [-0.15, -0.1) is 0 Å². The molecule has 0 aliphatic rings. The molecule has 0 aromatic heterocycles. The molecule has 0 saturated carbocycles. The zero-order valence-corrected chi connectivity index (χ0v) is 10.4. The van der Waals surface area contributed by atoms with Gasteiger partial charge in [0, 0.05) is 0 Å². The fraction of sp³-hybridized carbons (Fsp3) is 0.467. The number of hydrogen-bond donors (Lipinski definition) is 0. The van der Waals surface area contributed by atoms with Gasteiger partial charge in [-0.3, -0.25) is 0 Å². The van der Waals surface area contributed by atoms with E-state index >= 15 is 0 Å². The van der Waals surface area contributed by atoms with Gasteiger partial charge >= 0.3 is 0 Å². The summed E-state index contributed by atoms with van der Waals surface area (Å²) in [7, 11) is 0. The van der Waals surface area contributed by atoms with E-state index in [1.807, 2.05) is 0 Å². The molecule has 0 unspecified atom stereocenters. The number of hydrogen-bond acceptors (Lipinski definition) is 0. The lowest BCUT2D eigenvalue weighted by atomic mass is 9.97. The third-order valence-corrected chi connectivity index (χ3v) is 2.78. The Kier molecular flexibility index (Phi) is 4.61. The Labute approximate surface area is 94.0 Å². The average Bonchev–Trinajstić information content (AvgIpc) is 2.26. The standard InChI is InChI=1S/C15H22/c1-5-7-13(6-2)15-10-8-14(9-11-15)12(3)4/h7-12H,5-6H2,1-4H3. The van der Waals surface area contributed by atoms with Crippen molar-refractivity contribution in [3.63, 3.8) is 0 Å². The number of rotatable bonds is 4. The molecule has 1 rings (SSSR count). The van der Waals surface area contributed by atoms with Crippen molar-refractivity contribution < 1.29 is 0 Å². The zero-order chi connectivity index (χ0) is 11.3. The molecule has 0 nitrogen and oxygen atoms in total. The molecule has 0 fully saturated rings. The van der Waals surface area contributed by atoms with Crippen molar-refractivity contribution in [2.75, 3.05) is 0 Å². The Bertz CT molecular complexity index is 314. The monoisotopic (exact) mass is 202 g/mol. The first-order valence-corrected chi connectivity index (χ1v) is 5.98. The lowest BCUT2D eigenvalue weighted by Gasteiger charge is -2.08. The molecule has 0 heterocycles. The van der Waals surface area contributed by atoms with E-state index in [2.05, 4.69) is 58.0 Å². The second-order valence-corrected chi connectivity index (χ2v) is 4.27. The molecule has 0 aliphatic carbocycles. The largest absolute Gasteiger partial charge is 0.0810 e. The number of allylic oxidation sites excluding steroid dienone is 2. The predicted octanol–water partition coefficient (Wildman–Crippen LogP) is 5.01. The van der Waals surface area contributed by atoms with Gasteiger partial charge in [0.25, 0.3) is 0 Å². The average molecular weight is 202 g/mol. The summed E-state index contributed by atoms with van der Waals surface area (Å²) in [5.74, 6) is 0.624. The van der Waals surface area contributed by atoms with Crippen LogP contribution < -0.4 is 0 Å². The van der Waals surface area contributed by atoms with Crippen molar-refractivity contribution in [3.05, 3.63) is 41.5 Å². The van der Waals surface area contributed by atoms with Crippen LogP contribution in [0.1, 0.15) is 57.6 Å². The lowest BCUT2D eigenvalue weighted by molar-refractivity contribution is 0.866. The minimum absolute atomic E-state index is 0.624.